The SMILES string of the molecule is CCOC(=O)C1=C(C)N(C)c2nnnn2C1C. The Morgan fingerprint density at radius 3 is 2.88 bits per heavy atom. The lowest BCUT2D eigenvalue weighted by Gasteiger charge is -2.30. The topological polar surface area (TPSA) is 73.1 Å². The van der Waals surface area contributed by atoms with E-state index < -0.39 is 0 Å². The highest BCUT2D eigenvalue weighted by Crippen LogP contribution is 2.32. The van der Waals surface area contributed by atoms with Crippen LogP contribution in [0.5, 0.6) is 0 Å². The summed E-state index contributed by atoms with van der Waals surface area (Å²) in [5.74, 6) is 0.313. The highest BCUT2D eigenvalue weighted by molar-refractivity contribution is 5.91. The van der Waals surface area contributed by atoms with Gasteiger partial charge in [0.1, 0.15) is 0 Å². The van der Waals surface area contributed by atoms with Crippen molar-refractivity contribution in [3.63, 3.8) is 0 Å². The molecule has 0 saturated carbocycles. The molecule has 1 aromatic rings. The first-order valence-electron chi connectivity index (χ1n) is 5.47. The molecule has 0 saturated heterocycles. The number of allylic oxidation sites excluding steroid dienone is 1. The van der Waals surface area contributed by atoms with Gasteiger partial charge in [-0.15, -0.1) is 0 Å². The van der Waals surface area contributed by atoms with E-state index >= 15 is 0 Å². The van der Waals surface area contributed by atoms with Crippen molar-refractivity contribution in [2.24, 2.45) is 0 Å². The van der Waals surface area contributed by atoms with Crippen LogP contribution in [0.3, 0.4) is 0 Å². The fourth-order valence-corrected chi connectivity index (χ4v) is 1.94. The summed E-state index contributed by atoms with van der Waals surface area (Å²) in [6.45, 7) is 5.88. The predicted molar refractivity (Wildman–Crippen MR) is 60.3 cm³/mol. The summed E-state index contributed by atoms with van der Waals surface area (Å²) in [5, 5.41) is 11.4. The lowest BCUT2D eigenvalue weighted by molar-refractivity contribution is -0.139. The van der Waals surface area contributed by atoms with Gasteiger partial charge in [0.15, 0.2) is 0 Å². The maximum absolute atomic E-state index is 11.9. The Labute approximate surface area is 99.0 Å². The quantitative estimate of drug-likeness (QED) is 0.698. The maximum Gasteiger partial charge on any atom is 0.337 e. The van der Waals surface area contributed by atoms with Gasteiger partial charge in [0.25, 0.3) is 0 Å². The Bertz CT molecular complexity index is 479. The average Bonchev–Trinajstić information content (AvgIpc) is 2.76. The molecule has 0 amide bonds. The van der Waals surface area contributed by atoms with Gasteiger partial charge >= 0.3 is 5.97 Å². The van der Waals surface area contributed by atoms with E-state index in [1.54, 1.807) is 16.5 Å². The van der Waals surface area contributed by atoms with Gasteiger partial charge in [0.2, 0.25) is 5.95 Å². The third kappa shape index (κ3) is 1.67. The van der Waals surface area contributed by atoms with Gasteiger partial charge in [-0.25, -0.2) is 9.48 Å². The summed E-state index contributed by atoms with van der Waals surface area (Å²) >= 11 is 0. The summed E-state index contributed by atoms with van der Waals surface area (Å²) in [5.41, 5.74) is 1.41. The van der Waals surface area contributed by atoms with Gasteiger partial charge in [-0.05, 0) is 31.2 Å². The van der Waals surface area contributed by atoms with Crippen LogP contribution in [0.15, 0.2) is 11.3 Å². The molecule has 1 aromatic heterocycles. The van der Waals surface area contributed by atoms with Crippen LogP contribution in [-0.2, 0) is 9.53 Å². The van der Waals surface area contributed by atoms with E-state index in [4.69, 9.17) is 4.74 Å². The molecular weight excluding hydrogens is 222 g/mol. The zero-order valence-corrected chi connectivity index (χ0v) is 10.3. The number of fused-ring (bicyclic) bond motifs is 1. The fourth-order valence-electron chi connectivity index (χ4n) is 1.94. The Kier molecular flexibility index (Phi) is 2.83. The number of tetrazole rings is 1. The molecule has 7 heteroatoms. The Morgan fingerprint density at radius 1 is 1.53 bits per heavy atom. The Morgan fingerprint density at radius 2 is 2.24 bits per heavy atom. The monoisotopic (exact) mass is 237 g/mol. The van der Waals surface area contributed by atoms with Crippen LogP contribution in [0.25, 0.3) is 0 Å². The van der Waals surface area contributed by atoms with Gasteiger partial charge in [-0.3, -0.25) is 0 Å². The number of carbonyl (C=O) groups is 1. The molecule has 0 radical (unpaired) electrons. The van der Waals surface area contributed by atoms with Crippen LogP contribution in [0.2, 0.25) is 0 Å². The number of anilines is 1. The van der Waals surface area contributed by atoms with Gasteiger partial charge in [-0.1, -0.05) is 5.10 Å². The number of hydrogen-bond acceptors (Lipinski definition) is 6. The summed E-state index contributed by atoms with van der Waals surface area (Å²) in [7, 11) is 1.82. The fraction of sp³-hybridized carbons (Fsp3) is 0.600. The second kappa shape index (κ2) is 4.15. The molecule has 0 bridgehead atoms. The van der Waals surface area contributed by atoms with E-state index in [2.05, 4.69) is 15.5 Å². The number of nitrogens with zero attached hydrogens (tertiary/aromatic N) is 5. The number of aromatic nitrogens is 4. The number of carbonyl (C=O) groups excluding carboxylic acids is 1. The molecule has 0 aromatic carbocycles. The molecule has 1 aliphatic rings. The minimum Gasteiger partial charge on any atom is -0.463 e. The molecule has 0 fully saturated rings. The highest BCUT2D eigenvalue weighted by Gasteiger charge is 2.33. The minimum atomic E-state index is -0.314. The van der Waals surface area contributed by atoms with Crippen molar-refractivity contribution in [2.75, 3.05) is 18.6 Å². The van der Waals surface area contributed by atoms with Crippen LogP contribution >= 0.6 is 0 Å². The summed E-state index contributed by atoms with van der Waals surface area (Å²) < 4.78 is 6.67. The van der Waals surface area contributed by atoms with Crippen LogP contribution in [0.4, 0.5) is 5.95 Å². The Hall–Kier alpha value is -1.92. The van der Waals surface area contributed by atoms with Crippen molar-refractivity contribution in [1.29, 1.82) is 0 Å². The average molecular weight is 237 g/mol. The lowest BCUT2D eigenvalue weighted by atomic mass is 10.0. The second-order valence-electron chi connectivity index (χ2n) is 3.88. The van der Waals surface area contributed by atoms with Crippen LogP contribution < -0.4 is 4.90 Å². The second-order valence-corrected chi connectivity index (χ2v) is 3.88. The smallest absolute Gasteiger partial charge is 0.337 e. The van der Waals surface area contributed by atoms with E-state index in [0.717, 1.165) is 5.70 Å². The standard InChI is InChI=1S/C10H15N5O2/c1-5-17-9(16)8-6(2)14(4)10-11-12-13-15(10)7(8)3/h7H,5H2,1-4H3. The molecule has 0 N–H and O–H groups in total. The largest absolute Gasteiger partial charge is 0.463 e. The summed E-state index contributed by atoms with van der Waals surface area (Å²) in [6, 6.07) is -0.213. The first-order chi connectivity index (χ1) is 8.07. The number of hydrogen-bond donors (Lipinski definition) is 0. The number of rotatable bonds is 2. The Balaban J connectivity index is 2.45. The summed E-state index contributed by atoms with van der Waals surface area (Å²) in [4.78, 5) is 13.7. The van der Waals surface area contributed by atoms with Crippen molar-refractivity contribution >= 4 is 11.9 Å². The molecular formula is C10H15N5O2. The molecule has 0 aliphatic carbocycles. The molecule has 1 aliphatic heterocycles. The van der Waals surface area contributed by atoms with Crippen molar-refractivity contribution in [3.8, 4) is 0 Å². The summed E-state index contributed by atoms with van der Waals surface area (Å²) in [6.07, 6.45) is 0. The molecule has 17 heavy (non-hydrogen) atoms. The van der Waals surface area contributed by atoms with Crippen LogP contribution in [0, 0.1) is 0 Å². The number of esters is 1. The molecule has 0 spiro atoms. The van der Waals surface area contributed by atoms with Gasteiger partial charge < -0.3 is 9.64 Å². The normalized spacial score (nSPS) is 19.3. The zero-order valence-electron chi connectivity index (χ0n) is 10.3. The van der Waals surface area contributed by atoms with E-state index in [1.807, 2.05) is 20.9 Å². The first-order valence-corrected chi connectivity index (χ1v) is 5.47. The third-order valence-electron chi connectivity index (χ3n) is 2.95. The maximum atomic E-state index is 11.9. The third-order valence-corrected chi connectivity index (χ3v) is 2.95. The highest BCUT2D eigenvalue weighted by atomic mass is 16.5. The van der Waals surface area contributed by atoms with Crippen molar-refractivity contribution in [2.45, 2.75) is 26.8 Å². The van der Waals surface area contributed by atoms with Gasteiger partial charge in [-0.2, -0.15) is 0 Å². The molecule has 92 valence electrons. The van der Waals surface area contributed by atoms with E-state index in [1.165, 1.54) is 0 Å². The molecule has 1 unspecified atom stereocenters. The van der Waals surface area contributed by atoms with Crippen molar-refractivity contribution in [1.82, 2.24) is 20.2 Å². The van der Waals surface area contributed by atoms with E-state index in [9.17, 15) is 4.79 Å². The molecule has 1 atom stereocenters. The van der Waals surface area contributed by atoms with Gasteiger partial charge in [0, 0.05) is 12.7 Å². The lowest BCUT2D eigenvalue weighted by Crippen LogP contribution is -2.33. The number of ether oxygens (including phenoxy) is 1. The zero-order chi connectivity index (χ0) is 12.6. The predicted octanol–water partition coefficient (Wildman–Crippen LogP) is 0.521. The molecule has 2 rings (SSSR count). The van der Waals surface area contributed by atoms with E-state index in [-0.39, 0.29) is 12.0 Å². The van der Waals surface area contributed by atoms with Crippen molar-refractivity contribution in [3.05, 3.63) is 11.3 Å². The van der Waals surface area contributed by atoms with Crippen molar-refractivity contribution < 1.29 is 9.53 Å². The first kappa shape index (κ1) is 11.6. The van der Waals surface area contributed by atoms with Crippen LogP contribution in [0.1, 0.15) is 26.8 Å². The van der Waals surface area contributed by atoms with Crippen LogP contribution in [-0.4, -0.2) is 39.8 Å². The van der Waals surface area contributed by atoms with E-state index in [0.29, 0.717) is 18.1 Å². The molecule has 7 nitrogen and oxygen atoms in total. The van der Waals surface area contributed by atoms with Gasteiger partial charge in [0.05, 0.1) is 18.2 Å². The minimum absolute atomic E-state index is 0.213. The molecule has 2 heterocycles.